The summed E-state index contributed by atoms with van der Waals surface area (Å²) < 4.78 is 13.0. The van der Waals surface area contributed by atoms with Gasteiger partial charge in [0.05, 0.1) is 6.04 Å². The molecule has 2 atom stereocenters. The van der Waals surface area contributed by atoms with Gasteiger partial charge in [0.15, 0.2) is 0 Å². The number of nitrogens with one attached hydrogen (secondary N) is 2. The molecule has 3 rings (SSSR count). The van der Waals surface area contributed by atoms with Gasteiger partial charge in [0, 0.05) is 5.02 Å². The highest BCUT2D eigenvalue weighted by Crippen LogP contribution is 2.29. The first kappa shape index (κ1) is 19.8. The minimum Gasteiger partial charge on any atom is -0.348 e. The fourth-order valence-corrected chi connectivity index (χ4v) is 3.21. The predicted octanol–water partition coefficient (Wildman–Crippen LogP) is 3.12. The van der Waals surface area contributed by atoms with Gasteiger partial charge < -0.3 is 10.6 Å². The van der Waals surface area contributed by atoms with Crippen LogP contribution in [0.3, 0.4) is 0 Å². The summed E-state index contributed by atoms with van der Waals surface area (Å²) in [4.78, 5) is 38.4. The van der Waals surface area contributed by atoms with E-state index < -0.39 is 36.0 Å². The average molecular weight is 404 g/mol. The van der Waals surface area contributed by atoms with Crippen LogP contribution in [0.1, 0.15) is 31.0 Å². The fourth-order valence-electron chi connectivity index (χ4n) is 3.08. The average Bonchev–Trinajstić information content (AvgIpc) is 2.86. The third-order valence-electron chi connectivity index (χ3n) is 4.75. The molecule has 6 nitrogen and oxygen atoms in total. The van der Waals surface area contributed by atoms with Crippen molar-refractivity contribution in [2.24, 2.45) is 0 Å². The van der Waals surface area contributed by atoms with E-state index in [4.69, 9.17) is 11.6 Å². The van der Waals surface area contributed by atoms with E-state index in [1.165, 1.54) is 12.1 Å². The standard InChI is InChI=1S/C20H19ClFN3O3/c1-12(13-3-9-16(22)10-4-13)23-17(26)11-25-18(27)20(2,24-19(25)28)14-5-7-15(21)8-6-14/h3-10,12H,11H2,1-2H3,(H,23,26)(H,24,28). The van der Waals surface area contributed by atoms with Gasteiger partial charge >= 0.3 is 6.03 Å². The van der Waals surface area contributed by atoms with Crippen molar-refractivity contribution in [2.45, 2.75) is 25.4 Å². The van der Waals surface area contributed by atoms with E-state index in [2.05, 4.69) is 10.6 Å². The number of rotatable bonds is 5. The topological polar surface area (TPSA) is 78.5 Å². The van der Waals surface area contributed by atoms with Crippen LogP contribution in [0.5, 0.6) is 0 Å². The first-order chi connectivity index (χ1) is 13.2. The Kier molecular flexibility index (Phi) is 5.38. The molecule has 0 spiro atoms. The molecule has 0 bridgehead atoms. The summed E-state index contributed by atoms with van der Waals surface area (Å²) in [5, 5.41) is 5.85. The predicted molar refractivity (Wildman–Crippen MR) is 102 cm³/mol. The Morgan fingerprint density at radius 3 is 2.39 bits per heavy atom. The zero-order valence-electron chi connectivity index (χ0n) is 15.3. The van der Waals surface area contributed by atoms with E-state index in [0.29, 0.717) is 16.1 Å². The highest BCUT2D eigenvalue weighted by molar-refractivity contribution is 6.30. The van der Waals surface area contributed by atoms with Crippen molar-refractivity contribution in [2.75, 3.05) is 6.54 Å². The van der Waals surface area contributed by atoms with Crippen LogP contribution >= 0.6 is 11.6 Å². The van der Waals surface area contributed by atoms with Gasteiger partial charge in [-0.1, -0.05) is 35.9 Å². The van der Waals surface area contributed by atoms with Crippen LogP contribution in [0.4, 0.5) is 9.18 Å². The van der Waals surface area contributed by atoms with Gasteiger partial charge in [0.25, 0.3) is 5.91 Å². The number of benzene rings is 2. The van der Waals surface area contributed by atoms with Crippen molar-refractivity contribution in [3.05, 3.63) is 70.5 Å². The summed E-state index contributed by atoms with van der Waals surface area (Å²) in [5.74, 6) is -1.40. The Labute approximate surface area is 166 Å². The van der Waals surface area contributed by atoms with E-state index in [-0.39, 0.29) is 5.82 Å². The lowest BCUT2D eigenvalue weighted by Gasteiger charge is -2.22. The van der Waals surface area contributed by atoms with E-state index >= 15 is 0 Å². The number of nitrogens with zero attached hydrogens (tertiary/aromatic N) is 1. The quantitative estimate of drug-likeness (QED) is 0.753. The SMILES string of the molecule is CC(NC(=O)CN1C(=O)NC(C)(c2ccc(Cl)cc2)C1=O)c1ccc(F)cc1. The number of hydrogen-bond acceptors (Lipinski definition) is 3. The first-order valence-electron chi connectivity index (χ1n) is 8.65. The van der Waals surface area contributed by atoms with Gasteiger partial charge in [0.2, 0.25) is 5.91 Å². The smallest absolute Gasteiger partial charge is 0.325 e. The summed E-state index contributed by atoms with van der Waals surface area (Å²) in [6.45, 7) is 2.89. The fraction of sp³-hybridized carbons (Fsp3) is 0.250. The minimum atomic E-state index is -1.27. The van der Waals surface area contributed by atoms with Gasteiger partial charge in [-0.3, -0.25) is 14.5 Å². The number of carbonyl (C=O) groups is 3. The van der Waals surface area contributed by atoms with Crippen LogP contribution < -0.4 is 10.6 Å². The maximum absolute atomic E-state index is 13.0. The third kappa shape index (κ3) is 3.84. The molecule has 1 aliphatic rings. The summed E-state index contributed by atoms with van der Waals surface area (Å²) in [7, 11) is 0. The lowest BCUT2D eigenvalue weighted by molar-refractivity contribution is -0.135. The molecular weight excluding hydrogens is 385 g/mol. The summed E-state index contributed by atoms with van der Waals surface area (Å²) in [6.07, 6.45) is 0. The van der Waals surface area contributed by atoms with Crippen LogP contribution in [-0.4, -0.2) is 29.3 Å². The molecule has 2 aromatic carbocycles. The Morgan fingerprint density at radius 2 is 1.79 bits per heavy atom. The molecule has 2 unspecified atom stereocenters. The molecule has 1 fully saturated rings. The molecule has 2 aromatic rings. The maximum atomic E-state index is 13.0. The second kappa shape index (κ2) is 7.59. The van der Waals surface area contributed by atoms with Gasteiger partial charge in [-0.2, -0.15) is 0 Å². The van der Waals surface area contributed by atoms with Crippen LogP contribution in [0, 0.1) is 5.82 Å². The Morgan fingerprint density at radius 1 is 1.18 bits per heavy atom. The van der Waals surface area contributed by atoms with Gasteiger partial charge in [-0.05, 0) is 49.2 Å². The van der Waals surface area contributed by atoms with Crippen LogP contribution in [-0.2, 0) is 15.1 Å². The Balaban J connectivity index is 1.69. The lowest BCUT2D eigenvalue weighted by atomic mass is 9.92. The molecule has 146 valence electrons. The molecular formula is C20H19ClFN3O3. The lowest BCUT2D eigenvalue weighted by Crippen LogP contribution is -2.43. The monoisotopic (exact) mass is 403 g/mol. The van der Waals surface area contributed by atoms with Crippen molar-refractivity contribution in [3.63, 3.8) is 0 Å². The number of halogens is 2. The number of hydrogen-bond donors (Lipinski definition) is 2. The number of imide groups is 1. The molecule has 28 heavy (non-hydrogen) atoms. The van der Waals surface area contributed by atoms with Crippen LogP contribution in [0.25, 0.3) is 0 Å². The molecule has 0 saturated carbocycles. The summed E-state index contributed by atoms with van der Waals surface area (Å²) in [6, 6.07) is 11.2. The van der Waals surface area contributed by atoms with E-state index in [0.717, 1.165) is 4.90 Å². The van der Waals surface area contributed by atoms with Crippen molar-refractivity contribution in [1.82, 2.24) is 15.5 Å². The second-order valence-electron chi connectivity index (χ2n) is 6.79. The highest BCUT2D eigenvalue weighted by atomic mass is 35.5. The molecule has 1 heterocycles. The highest BCUT2D eigenvalue weighted by Gasteiger charge is 2.49. The van der Waals surface area contributed by atoms with Gasteiger partial charge in [-0.15, -0.1) is 0 Å². The van der Waals surface area contributed by atoms with Crippen molar-refractivity contribution in [3.8, 4) is 0 Å². The molecule has 1 saturated heterocycles. The minimum absolute atomic E-state index is 0.372. The molecule has 8 heteroatoms. The number of amides is 4. The van der Waals surface area contributed by atoms with E-state index in [9.17, 15) is 18.8 Å². The number of urea groups is 1. The van der Waals surface area contributed by atoms with Crippen molar-refractivity contribution >= 4 is 29.4 Å². The third-order valence-corrected chi connectivity index (χ3v) is 5.00. The van der Waals surface area contributed by atoms with Crippen molar-refractivity contribution < 1.29 is 18.8 Å². The van der Waals surface area contributed by atoms with E-state index in [1.54, 1.807) is 50.2 Å². The van der Waals surface area contributed by atoms with Gasteiger partial charge in [-0.25, -0.2) is 9.18 Å². The first-order valence-corrected chi connectivity index (χ1v) is 9.03. The molecule has 2 N–H and O–H groups in total. The second-order valence-corrected chi connectivity index (χ2v) is 7.23. The zero-order valence-corrected chi connectivity index (χ0v) is 16.1. The molecule has 0 aliphatic carbocycles. The summed E-state index contributed by atoms with van der Waals surface area (Å²) in [5.41, 5.74) is 0.000592. The van der Waals surface area contributed by atoms with E-state index in [1.807, 2.05) is 0 Å². The normalized spacial score (nSPS) is 20.1. The zero-order chi connectivity index (χ0) is 20.5. The Hall–Kier alpha value is -2.93. The maximum Gasteiger partial charge on any atom is 0.325 e. The molecule has 0 aromatic heterocycles. The largest absolute Gasteiger partial charge is 0.348 e. The Bertz CT molecular complexity index is 917. The van der Waals surface area contributed by atoms with Crippen LogP contribution in [0.15, 0.2) is 48.5 Å². The molecule has 1 aliphatic heterocycles. The van der Waals surface area contributed by atoms with Gasteiger partial charge in [0.1, 0.15) is 17.9 Å². The number of carbonyl (C=O) groups excluding carboxylic acids is 3. The molecule has 0 radical (unpaired) electrons. The summed E-state index contributed by atoms with van der Waals surface area (Å²) >= 11 is 5.88. The van der Waals surface area contributed by atoms with Crippen LogP contribution in [0.2, 0.25) is 5.02 Å². The molecule has 4 amide bonds. The van der Waals surface area contributed by atoms with Crippen molar-refractivity contribution in [1.29, 1.82) is 0 Å².